The fourth-order valence-electron chi connectivity index (χ4n) is 12.5. The molecule has 19 heteroatoms. The molecule has 0 radical (unpaired) electrons. The average molecular weight is 1470 g/mol. The van der Waals surface area contributed by atoms with E-state index in [1.165, 1.54) is 225 Å². The van der Waals surface area contributed by atoms with Crippen LogP contribution in [0, 0.1) is 17.8 Å². The molecule has 0 amide bonds. The lowest BCUT2D eigenvalue weighted by Crippen LogP contribution is -2.30. The second kappa shape index (κ2) is 71.3. The predicted octanol–water partition coefficient (Wildman–Crippen LogP) is 24.1. The largest absolute Gasteiger partial charge is 0.472 e. The Morgan fingerprint density at radius 2 is 0.510 bits per heavy atom. The Balaban J connectivity index is 5.23. The van der Waals surface area contributed by atoms with Crippen molar-refractivity contribution >= 4 is 39.5 Å². The molecule has 0 aromatic heterocycles. The minimum Gasteiger partial charge on any atom is -0.462 e. The lowest BCUT2D eigenvalue weighted by molar-refractivity contribution is -0.161. The molecule has 0 aliphatic rings. The highest BCUT2D eigenvalue weighted by molar-refractivity contribution is 7.47. The van der Waals surface area contributed by atoms with Crippen molar-refractivity contribution in [2.45, 2.75) is 439 Å². The molecule has 0 spiro atoms. The summed E-state index contributed by atoms with van der Waals surface area (Å²) in [5.41, 5.74) is 0. The number of carbonyl (C=O) groups excluding carboxylic acids is 4. The Labute approximate surface area is 613 Å². The van der Waals surface area contributed by atoms with Crippen LogP contribution in [0.4, 0.5) is 0 Å². The Morgan fingerprint density at radius 3 is 0.760 bits per heavy atom. The molecule has 0 aliphatic heterocycles. The van der Waals surface area contributed by atoms with Gasteiger partial charge in [0, 0.05) is 25.7 Å². The Hall–Kier alpha value is -1.94. The molecule has 0 aromatic carbocycles. The van der Waals surface area contributed by atoms with Crippen molar-refractivity contribution in [1.82, 2.24) is 0 Å². The maximum atomic E-state index is 13.1. The minimum absolute atomic E-state index is 0.105. The number of unbranched alkanes of at least 4 members (excludes halogenated alkanes) is 46. The molecule has 3 N–H and O–H groups in total. The lowest BCUT2D eigenvalue weighted by Gasteiger charge is -2.21. The fraction of sp³-hybridized carbons (Fsp3) is 0.951. The summed E-state index contributed by atoms with van der Waals surface area (Å²) in [6.45, 7) is 11.9. The lowest BCUT2D eigenvalue weighted by atomic mass is 9.99. The number of rotatable bonds is 79. The zero-order valence-corrected chi connectivity index (χ0v) is 67.5. The molecule has 0 bridgehead atoms. The maximum absolute atomic E-state index is 13.1. The van der Waals surface area contributed by atoms with Gasteiger partial charge in [-0.2, -0.15) is 0 Å². The third kappa shape index (κ3) is 73.0. The molecule has 0 rings (SSSR count). The Kier molecular flexibility index (Phi) is 69.9. The van der Waals surface area contributed by atoms with Gasteiger partial charge in [0.25, 0.3) is 0 Å². The van der Waals surface area contributed by atoms with Gasteiger partial charge in [-0.3, -0.25) is 37.3 Å². The monoisotopic (exact) mass is 1470 g/mol. The smallest absolute Gasteiger partial charge is 0.462 e. The van der Waals surface area contributed by atoms with E-state index in [9.17, 15) is 43.2 Å². The zero-order valence-electron chi connectivity index (χ0n) is 65.7. The first-order valence-corrected chi connectivity index (χ1v) is 44.9. The van der Waals surface area contributed by atoms with Crippen LogP contribution in [0.25, 0.3) is 0 Å². The van der Waals surface area contributed by atoms with Crippen LogP contribution < -0.4 is 0 Å². The summed E-state index contributed by atoms with van der Waals surface area (Å²) in [5, 5.41) is 10.6. The topological polar surface area (TPSA) is 237 Å². The van der Waals surface area contributed by atoms with E-state index in [4.69, 9.17) is 37.0 Å². The zero-order chi connectivity index (χ0) is 73.7. The van der Waals surface area contributed by atoms with Crippen molar-refractivity contribution in [2.24, 2.45) is 17.8 Å². The van der Waals surface area contributed by atoms with Crippen LogP contribution in [0.15, 0.2) is 0 Å². The van der Waals surface area contributed by atoms with Gasteiger partial charge in [-0.1, -0.05) is 370 Å². The summed E-state index contributed by atoms with van der Waals surface area (Å²) >= 11 is 0. The van der Waals surface area contributed by atoms with Crippen LogP contribution in [0.2, 0.25) is 0 Å². The first-order valence-electron chi connectivity index (χ1n) is 41.9. The number of phosphoric ester groups is 2. The second-order valence-electron chi connectivity index (χ2n) is 30.4. The summed E-state index contributed by atoms with van der Waals surface area (Å²) in [7, 11) is -9.92. The molecular weight excluding hydrogens is 1310 g/mol. The summed E-state index contributed by atoms with van der Waals surface area (Å²) in [6, 6.07) is 0. The van der Waals surface area contributed by atoms with Crippen molar-refractivity contribution in [3.05, 3.63) is 0 Å². The molecule has 0 fully saturated rings. The second-order valence-corrected chi connectivity index (χ2v) is 33.3. The van der Waals surface area contributed by atoms with Crippen LogP contribution in [0.1, 0.15) is 421 Å². The number of aliphatic hydroxyl groups excluding tert-OH is 1. The van der Waals surface area contributed by atoms with E-state index in [2.05, 4.69) is 48.5 Å². The van der Waals surface area contributed by atoms with Crippen LogP contribution in [-0.2, 0) is 65.4 Å². The van der Waals surface area contributed by atoms with Gasteiger partial charge < -0.3 is 33.8 Å². The van der Waals surface area contributed by atoms with E-state index in [0.717, 1.165) is 108 Å². The summed E-state index contributed by atoms with van der Waals surface area (Å²) in [5.74, 6) is 0.176. The molecule has 594 valence electrons. The van der Waals surface area contributed by atoms with Crippen LogP contribution in [-0.4, -0.2) is 96.7 Å². The van der Waals surface area contributed by atoms with Crippen LogP contribution in [0.3, 0.4) is 0 Å². The Morgan fingerprint density at radius 1 is 0.290 bits per heavy atom. The van der Waals surface area contributed by atoms with Gasteiger partial charge in [-0.25, -0.2) is 9.13 Å². The number of aliphatic hydroxyl groups is 1. The van der Waals surface area contributed by atoms with Crippen molar-refractivity contribution in [2.75, 3.05) is 39.6 Å². The molecule has 0 aromatic rings. The number of phosphoric acid groups is 2. The fourth-order valence-corrected chi connectivity index (χ4v) is 14.0. The standard InChI is InChI=1S/C81H158O17P2/c1-8-10-11-12-13-14-15-16-17-18-19-20-21-22-23-24-29-35-42-50-57-64-80(85)97-76(68-91-78(83)62-55-48-41-34-28-26-25-27-32-38-45-52-59-72(3)4)70-95-99(87,88)93-66-75(82)67-94-100(89,90)96-71-77(69-92-79(84)63-56-49-44-37-39-46-53-60-73(5)6)98-81(86)65-58-51-43-36-31-30-33-40-47-54-61-74(7)9-2/h72-77,82H,8-71H2,1-7H3,(H,87,88)(H,89,90)/t74?,75-,76-,77-/m1/s1. The van der Waals surface area contributed by atoms with Gasteiger partial charge in [0.2, 0.25) is 0 Å². The first kappa shape index (κ1) is 98.1. The normalized spacial score (nSPS) is 14.2. The molecule has 100 heavy (non-hydrogen) atoms. The van der Waals surface area contributed by atoms with Crippen LogP contribution in [0.5, 0.6) is 0 Å². The average Bonchev–Trinajstić information content (AvgIpc) is 0.933. The predicted molar refractivity (Wildman–Crippen MR) is 409 cm³/mol. The number of hydrogen-bond donors (Lipinski definition) is 3. The van der Waals surface area contributed by atoms with E-state index in [0.29, 0.717) is 31.6 Å². The van der Waals surface area contributed by atoms with E-state index in [-0.39, 0.29) is 25.7 Å². The van der Waals surface area contributed by atoms with Crippen molar-refractivity contribution in [3.63, 3.8) is 0 Å². The van der Waals surface area contributed by atoms with Gasteiger partial charge >= 0.3 is 39.5 Å². The maximum Gasteiger partial charge on any atom is 0.472 e. The van der Waals surface area contributed by atoms with Gasteiger partial charge in [0.15, 0.2) is 12.2 Å². The van der Waals surface area contributed by atoms with E-state index < -0.39 is 97.5 Å². The molecule has 17 nitrogen and oxygen atoms in total. The molecular formula is C81H158O17P2. The summed E-state index contributed by atoms with van der Waals surface area (Å²) in [4.78, 5) is 73.0. The highest BCUT2D eigenvalue weighted by atomic mass is 31.2. The highest BCUT2D eigenvalue weighted by Gasteiger charge is 2.30. The van der Waals surface area contributed by atoms with Gasteiger partial charge in [0.05, 0.1) is 26.4 Å². The van der Waals surface area contributed by atoms with E-state index >= 15 is 0 Å². The minimum atomic E-state index is -4.96. The number of ether oxygens (including phenoxy) is 4. The Bertz CT molecular complexity index is 1940. The molecule has 0 aliphatic carbocycles. The molecule has 0 saturated heterocycles. The van der Waals surface area contributed by atoms with Crippen molar-refractivity contribution < 1.29 is 80.2 Å². The highest BCUT2D eigenvalue weighted by Crippen LogP contribution is 2.45. The van der Waals surface area contributed by atoms with E-state index in [1.807, 2.05) is 0 Å². The van der Waals surface area contributed by atoms with Gasteiger partial charge in [-0.05, 0) is 43.4 Å². The SMILES string of the molecule is CCCCCCCCCCCCCCCCCCCCCCCC(=O)O[C@H](COC(=O)CCCCCCCCCCCCCCC(C)C)COP(=O)(O)OC[C@@H](O)COP(=O)(O)OC[C@@H](COC(=O)CCCCCCCCCC(C)C)OC(=O)CCCCCCCCCCCCC(C)CC. The van der Waals surface area contributed by atoms with Gasteiger partial charge in [-0.15, -0.1) is 0 Å². The van der Waals surface area contributed by atoms with Crippen molar-refractivity contribution in [1.29, 1.82) is 0 Å². The number of esters is 4. The summed E-state index contributed by atoms with van der Waals surface area (Å²) in [6.07, 6.45) is 59.8. The first-order chi connectivity index (χ1) is 48.3. The van der Waals surface area contributed by atoms with Crippen LogP contribution >= 0.6 is 15.6 Å². The third-order valence-electron chi connectivity index (χ3n) is 19.2. The molecule has 6 atom stereocenters. The molecule has 0 heterocycles. The quantitative estimate of drug-likeness (QED) is 0.0222. The molecule has 3 unspecified atom stereocenters. The number of hydrogen-bond acceptors (Lipinski definition) is 15. The summed E-state index contributed by atoms with van der Waals surface area (Å²) < 4.78 is 68.7. The third-order valence-corrected chi connectivity index (χ3v) is 21.1. The molecule has 0 saturated carbocycles. The van der Waals surface area contributed by atoms with Crippen molar-refractivity contribution in [3.8, 4) is 0 Å². The number of carbonyl (C=O) groups is 4. The van der Waals surface area contributed by atoms with Gasteiger partial charge in [0.1, 0.15) is 19.3 Å². The van der Waals surface area contributed by atoms with E-state index in [1.54, 1.807) is 0 Å².